The van der Waals surface area contributed by atoms with Crippen molar-refractivity contribution in [2.24, 2.45) is 0 Å². The summed E-state index contributed by atoms with van der Waals surface area (Å²) in [6.07, 6.45) is 0.358. The monoisotopic (exact) mass is 332 g/mol. The van der Waals surface area contributed by atoms with Gasteiger partial charge in [0.15, 0.2) is 5.69 Å². The zero-order chi connectivity index (χ0) is 16.9. The zero-order valence-electron chi connectivity index (χ0n) is 13.4. The second-order valence-electron chi connectivity index (χ2n) is 5.66. The molecule has 0 spiro atoms. The van der Waals surface area contributed by atoms with Crippen LogP contribution in [0.25, 0.3) is 0 Å². The van der Waals surface area contributed by atoms with Crippen LogP contribution in [0.3, 0.4) is 0 Å². The summed E-state index contributed by atoms with van der Waals surface area (Å²) in [6, 6.07) is 7.00. The molecule has 3 rings (SSSR count). The summed E-state index contributed by atoms with van der Waals surface area (Å²) in [4.78, 5) is 12.3. The quantitative estimate of drug-likeness (QED) is 0.738. The van der Waals surface area contributed by atoms with Gasteiger partial charge in [0.2, 0.25) is 0 Å². The number of aryl methyl sites for hydroxylation is 1. The molecule has 2 atom stereocenters. The van der Waals surface area contributed by atoms with Gasteiger partial charge in [-0.05, 0) is 31.0 Å². The van der Waals surface area contributed by atoms with Crippen LogP contribution in [0.15, 0.2) is 24.3 Å². The second kappa shape index (κ2) is 7.41. The number of rotatable bonds is 5. The number of hydrogen-bond acceptors (Lipinski definition) is 6. The molecule has 3 N–H and O–H groups in total. The normalized spacial score (nSPS) is 20.6. The first-order valence-electron chi connectivity index (χ1n) is 7.80. The van der Waals surface area contributed by atoms with Gasteiger partial charge in [-0.2, -0.15) is 15.4 Å². The number of aliphatic hydroxyl groups is 1. The number of aromatic amines is 1. The van der Waals surface area contributed by atoms with Crippen LogP contribution in [-0.4, -0.2) is 51.8 Å². The fraction of sp³-hybridized carbons (Fsp3) is 0.438. The van der Waals surface area contributed by atoms with Crippen molar-refractivity contribution in [2.45, 2.75) is 32.1 Å². The number of benzene rings is 1. The summed E-state index contributed by atoms with van der Waals surface area (Å²) in [6.45, 7) is 2.66. The SMILES string of the molecule is Cc1n[nH]nc1C(=O)N[C@@H]1CCOC[C@H]1Oc1ccc(CO)cc1. The molecular weight excluding hydrogens is 312 g/mol. The summed E-state index contributed by atoms with van der Waals surface area (Å²) >= 11 is 0. The Labute approximate surface area is 139 Å². The first kappa shape index (κ1) is 16.4. The van der Waals surface area contributed by atoms with Gasteiger partial charge in [0, 0.05) is 6.61 Å². The molecule has 2 aromatic rings. The van der Waals surface area contributed by atoms with Gasteiger partial charge in [0.25, 0.3) is 5.91 Å². The number of amides is 1. The zero-order valence-corrected chi connectivity index (χ0v) is 13.4. The number of nitrogens with one attached hydrogen (secondary N) is 2. The van der Waals surface area contributed by atoms with Gasteiger partial charge in [-0.25, -0.2) is 0 Å². The van der Waals surface area contributed by atoms with Crippen LogP contribution in [0.4, 0.5) is 0 Å². The highest BCUT2D eigenvalue weighted by Crippen LogP contribution is 2.19. The minimum absolute atomic E-state index is 0.0114. The molecule has 1 aliphatic rings. The Morgan fingerprint density at radius 2 is 2.21 bits per heavy atom. The minimum Gasteiger partial charge on any atom is -0.486 e. The molecule has 0 radical (unpaired) electrons. The summed E-state index contributed by atoms with van der Waals surface area (Å²) in [5.74, 6) is 0.386. The first-order valence-corrected chi connectivity index (χ1v) is 7.80. The van der Waals surface area contributed by atoms with E-state index in [1.54, 1.807) is 31.2 Å². The number of hydrogen-bond donors (Lipinski definition) is 3. The van der Waals surface area contributed by atoms with E-state index in [1.165, 1.54) is 0 Å². The number of ether oxygens (including phenoxy) is 2. The average Bonchev–Trinajstić information content (AvgIpc) is 3.03. The van der Waals surface area contributed by atoms with E-state index in [1.807, 2.05) is 0 Å². The van der Waals surface area contributed by atoms with Crippen LogP contribution in [0.5, 0.6) is 5.75 Å². The Kier molecular flexibility index (Phi) is 5.07. The summed E-state index contributed by atoms with van der Waals surface area (Å²) < 4.78 is 11.4. The summed E-state index contributed by atoms with van der Waals surface area (Å²) in [7, 11) is 0. The van der Waals surface area contributed by atoms with Crippen molar-refractivity contribution in [3.63, 3.8) is 0 Å². The van der Waals surface area contributed by atoms with Crippen molar-refractivity contribution in [3.05, 3.63) is 41.2 Å². The van der Waals surface area contributed by atoms with Crippen LogP contribution in [0.1, 0.15) is 28.2 Å². The Bertz CT molecular complexity index is 686. The lowest BCUT2D eigenvalue weighted by atomic mass is 10.1. The van der Waals surface area contributed by atoms with Gasteiger partial charge in [0.1, 0.15) is 11.9 Å². The Hall–Kier alpha value is -2.45. The van der Waals surface area contributed by atoms with Crippen molar-refractivity contribution in [1.29, 1.82) is 0 Å². The van der Waals surface area contributed by atoms with E-state index in [0.717, 1.165) is 5.56 Å². The van der Waals surface area contributed by atoms with Crippen LogP contribution in [-0.2, 0) is 11.3 Å². The lowest BCUT2D eigenvalue weighted by molar-refractivity contribution is -0.0135. The molecule has 1 amide bonds. The maximum atomic E-state index is 12.3. The largest absolute Gasteiger partial charge is 0.486 e. The van der Waals surface area contributed by atoms with Crippen molar-refractivity contribution in [2.75, 3.05) is 13.2 Å². The molecule has 2 heterocycles. The number of nitrogens with zero attached hydrogens (tertiary/aromatic N) is 2. The van der Waals surface area contributed by atoms with Crippen LogP contribution in [0, 0.1) is 6.92 Å². The first-order chi connectivity index (χ1) is 11.7. The number of carbonyl (C=O) groups excluding carboxylic acids is 1. The third-order valence-electron chi connectivity index (χ3n) is 3.95. The molecule has 1 aromatic carbocycles. The molecule has 1 aliphatic heterocycles. The molecule has 0 aliphatic carbocycles. The van der Waals surface area contributed by atoms with E-state index < -0.39 is 0 Å². The highest BCUT2D eigenvalue weighted by Gasteiger charge is 2.30. The van der Waals surface area contributed by atoms with Gasteiger partial charge in [-0.3, -0.25) is 4.79 Å². The lowest BCUT2D eigenvalue weighted by Crippen LogP contribution is -2.51. The Balaban J connectivity index is 1.66. The van der Waals surface area contributed by atoms with E-state index >= 15 is 0 Å². The Morgan fingerprint density at radius 3 is 2.88 bits per heavy atom. The predicted octanol–water partition coefficient (Wildman–Crippen LogP) is 0.572. The van der Waals surface area contributed by atoms with E-state index in [4.69, 9.17) is 14.6 Å². The van der Waals surface area contributed by atoms with Crippen LogP contribution >= 0.6 is 0 Å². The molecule has 0 unspecified atom stereocenters. The molecule has 128 valence electrons. The molecule has 8 heteroatoms. The number of aromatic nitrogens is 3. The van der Waals surface area contributed by atoms with E-state index in [9.17, 15) is 4.79 Å². The highest BCUT2D eigenvalue weighted by atomic mass is 16.5. The van der Waals surface area contributed by atoms with Gasteiger partial charge < -0.3 is 19.9 Å². The maximum Gasteiger partial charge on any atom is 0.274 e. The minimum atomic E-state index is -0.296. The predicted molar refractivity (Wildman–Crippen MR) is 84.6 cm³/mol. The van der Waals surface area contributed by atoms with Crippen molar-refractivity contribution in [3.8, 4) is 5.75 Å². The lowest BCUT2D eigenvalue weighted by Gasteiger charge is -2.32. The van der Waals surface area contributed by atoms with Crippen LogP contribution < -0.4 is 10.1 Å². The number of aliphatic hydroxyl groups excluding tert-OH is 1. The molecule has 0 bridgehead atoms. The number of H-pyrrole nitrogens is 1. The molecule has 24 heavy (non-hydrogen) atoms. The van der Waals surface area contributed by atoms with Crippen LogP contribution in [0.2, 0.25) is 0 Å². The maximum absolute atomic E-state index is 12.3. The fourth-order valence-corrected chi connectivity index (χ4v) is 2.58. The third kappa shape index (κ3) is 3.72. The Morgan fingerprint density at radius 1 is 1.42 bits per heavy atom. The van der Waals surface area contributed by atoms with Gasteiger partial charge in [-0.1, -0.05) is 12.1 Å². The van der Waals surface area contributed by atoms with Crippen molar-refractivity contribution in [1.82, 2.24) is 20.7 Å². The molecule has 1 aromatic heterocycles. The van der Waals surface area contributed by atoms with Gasteiger partial charge >= 0.3 is 0 Å². The third-order valence-corrected chi connectivity index (χ3v) is 3.95. The topological polar surface area (TPSA) is 109 Å². The van der Waals surface area contributed by atoms with Gasteiger partial charge in [0.05, 0.1) is 24.9 Å². The molecule has 1 saturated heterocycles. The van der Waals surface area contributed by atoms with E-state index in [2.05, 4.69) is 20.7 Å². The van der Waals surface area contributed by atoms with E-state index in [-0.39, 0.29) is 30.4 Å². The molecule has 8 nitrogen and oxygen atoms in total. The molecule has 0 saturated carbocycles. The van der Waals surface area contributed by atoms with E-state index in [0.29, 0.717) is 31.1 Å². The summed E-state index contributed by atoms with van der Waals surface area (Å²) in [5.41, 5.74) is 1.65. The highest BCUT2D eigenvalue weighted by molar-refractivity contribution is 5.93. The fourth-order valence-electron chi connectivity index (χ4n) is 2.58. The molecule has 1 fully saturated rings. The smallest absolute Gasteiger partial charge is 0.274 e. The van der Waals surface area contributed by atoms with Gasteiger partial charge in [-0.15, -0.1) is 0 Å². The second-order valence-corrected chi connectivity index (χ2v) is 5.66. The molecular formula is C16H20N4O4. The number of carbonyl (C=O) groups is 1. The van der Waals surface area contributed by atoms with Crippen molar-refractivity contribution < 1.29 is 19.4 Å². The van der Waals surface area contributed by atoms with Crippen molar-refractivity contribution >= 4 is 5.91 Å². The standard InChI is InChI=1S/C16H20N4O4/c1-10-15(19-20-18-10)16(22)17-13-6-7-23-9-14(13)24-12-4-2-11(8-21)3-5-12/h2-5,13-14,21H,6-9H2,1H3,(H,17,22)(H,18,19,20)/t13-,14-/m1/s1. The average molecular weight is 332 g/mol. The summed E-state index contributed by atoms with van der Waals surface area (Å²) in [5, 5.41) is 22.2.